The van der Waals surface area contributed by atoms with Gasteiger partial charge in [-0.05, 0) is 19.9 Å². The van der Waals surface area contributed by atoms with Gasteiger partial charge in [-0.3, -0.25) is 0 Å². The lowest BCUT2D eigenvalue weighted by atomic mass is 10.1. The van der Waals surface area contributed by atoms with Crippen molar-refractivity contribution in [1.29, 1.82) is 0 Å². The molecule has 1 aromatic carbocycles. The van der Waals surface area contributed by atoms with E-state index < -0.39 is 0 Å². The number of benzene rings is 1. The van der Waals surface area contributed by atoms with Crippen LogP contribution < -0.4 is 5.32 Å². The lowest BCUT2D eigenvalue weighted by Gasteiger charge is -2.16. The molecule has 124 valence electrons. The first-order valence-corrected chi connectivity index (χ1v) is 8.16. The fraction of sp³-hybridized carbons (Fsp3) is 0.158. The Morgan fingerprint density at radius 1 is 1.08 bits per heavy atom. The van der Waals surface area contributed by atoms with E-state index in [9.17, 15) is 0 Å². The van der Waals surface area contributed by atoms with Gasteiger partial charge in [-0.2, -0.15) is 9.61 Å². The van der Waals surface area contributed by atoms with Gasteiger partial charge < -0.3 is 5.32 Å². The van der Waals surface area contributed by atoms with E-state index in [1.54, 1.807) is 12.5 Å². The van der Waals surface area contributed by atoms with Crippen molar-refractivity contribution in [2.75, 3.05) is 5.32 Å². The number of anilines is 1. The van der Waals surface area contributed by atoms with Crippen LogP contribution in [0, 0.1) is 6.92 Å². The molecule has 0 aliphatic carbocycles. The molecule has 0 fully saturated rings. The van der Waals surface area contributed by atoms with E-state index >= 15 is 0 Å². The number of hydrogen-bond acceptors (Lipinski definition) is 5. The minimum absolute atomic E-state index is 0.0155. The molecule has 6 nitrogen and oxygen atoms in total. The van der Waals surface area contributed by atoms with Gasteiger partial charge in [0, 0.05) is 23.9 Å². The van der Waals surface area contributed by atoms with Crippen molar-refractivity contribution < 1.29 is 0 Å². The van der Waals surface area contributed by atoms with E-state index in [4.69, 9.17) is 4.98 Å². The zero-order valence-electron chi connectivity index (χ0n) is 14.1. The van der Waals surface area contributed by atoms with E-state index in [0.29, 0.717) is 0 Å². The van der Waals surface area contributed by atoms with Gasteiger partial charge in [0.15, 0.2) is 5.65 Å². The molecule has 3 aromatic heterocycles. The largest absolute Gasteiger partial charge is 0.362 e. The van der Waals surface area contributed by atoms with E-state index in [0.717, 1.165) is 34.1 Å². The molecule has 25 heavy (non-hydrogen) atoms. The normalized spacial score (nSPS) is 12.2. The zero-order chi connectivity index (χ0) is 17.2. The Kier molecular flexibility index (Phi) is 3.85. The van der Waals surface area contributed by atoms with Crippen LogP contribution in [-0.2, 0) is 0 Å². The number of aromatic nitrogens is 5. The summed E-state index contributed by atoms with van der Waals surface area (Å²) < 4.78 is 1.83. The van der Waals surface area contributed by atoms with Crippen LogP contribution in [0.3, 0.4) is 0 Å². The highest BCUT2D eigenvalue weighted by molar-refractivity contribution is 5.66. The molecule has 0 bridgehead atoms. The summed E-state index contributed by atoms with van der Waals surface area (Å²) in [4.78, 5) is 13.0. The second-order valence-electron chi connectivity index (χ2n) is 5.95. The van der Waals surface area contributed by atoms with Crippen LogP contribution in [0.4, 0.5) is 5.82 Å². The lowest BCUT2D eigenvalue weighted by molar-refractivity contribution is 0.802. The monoisotopic (exact) mass is 330 g/mol. The van der Waals surface area contributed by atoms with Crippen molar-refractivity contribution in [3.05, 3.63) is 72.4 Å². The predicted molar refractivity (Wildman–Crippen MR) is 97.2 cm³/mol. The fourth-order valence-electron chi connectivity index (χ4n) is 2.80. The third kappa shape index (κ3) is 3.06. The van der Waals surface area contributed by atoms with Gasteiger partial charge in [0.1, 0.15) is 12.1 Å². The van der Waals surface area contributed by atoms with E-state index in [1.165, 1.54) is 0 Å². The molecule has 0 radical (unpaired) electrons. The number of nitrogens with zero attached hydrogens (tertiary/aromatic N) is 5. The maximum Gasteiger partial charge on any atom is 0.158 e. The summed E-state index contributed by atoms with van der Waals surface area (Å²) in [6.45, 7) is 4.03. The standard InChI is InChI=1S/C19H18N6/c1-13-10-18-23-17(15-6-4-3-5-7-15)11-19(25(18)24-13)22-14(2)16-8-9-20-12-21-16/h3-12,14,22H,1-2H3. The minimum Gasteiger partial charge on any atom is -0.362 e. The molecule has 4 rings (SSSR count). The highest BCUT2D eigenvalue weighted by atomic mass is 15.3. The van der Waals surface area contributed by atoms with Crippen LogP contribution >= 0.6 is 0 Å². The molecule has 0 aliphatic heterocycles. The Hall–Kier alpha value is -3.28. The quantitative estimate of drug-likeness (QED) is 0.618. The lowest BCUT2D eigenvalue weighted by Crippen LogP contribution is -2.12. The van der Waals surface area contributed by atoms with Gasteiger partial charge in [0.2, 0.25) is 0 Å². The van der Waals surface area contributed by atoms with Crippen LogP contribution in [-0.4, -0.2) is 24.6 Å². The van der Waals surface area contributed by atoms with E-state index in [-0.39, 0.29) is 6.04 Å². The molecule has 6 heteroatoms. The van der Waals surface area contributed by atoms with Crippen LogP contribution in [0.15, 0.2) is 61.1 Å². The van der Waals surface area contributed by atoms with Gasteiger partial charge in [0.25, 0.3) is 0 Å². The summed E-state index contributed by atoms with van der Waals surface area (Å²) in [6.07, 6.45) is 3.30. The van der Waals surface area contributed by atoms with Crippen molar-refractivity contribution in [3.63, 3.8) is 0 Å². The summed E-state index contributed by atoms with van der Waals surface area (Å²) in [6, 6.07) is 16.1. The first kappa shape index (κ1) is 15.3. The Morgan fingerprint density at radius 3 is 2.68 bits per heavy atom. The summed E-state index contributed by atoms with van der Waals surface area (Å²) in [5, 5.41) is 8.05. The van der Waals surface area contributed by atoms with Gasteiger partial charge in [0.05, 0.1) is 23.1 Å². The highest BCUT2D eigenvalue weighted by Crippen LogP contribution is 2.25. The van der Waals surface area contributed by atoms with Gasteiger partial charge in [-0.15, -0.1) is 0 Å². The highest BCUT2D eigenvalue weighted by Gasteiger charge is 2.13. The second-order valence-corrected chi connectivity index (χ2v) is 5.95. The molecular formula is C19H18N6. The van der Waals surface area contributed by atoms with Crippen molar-refractivity contribution >= 4 is 11.5 Å². The molecule has 0 spiro atoms. The molecule has 3 heterocycles. The molecule has 0 saturated heterocycles. The Bertz CT molecular complexity index is 995. The van der Waals surface area contributed by atoms with Crippen molar-refractivity contribution in [2.24, 2.45) is 0 Å². The molecule has 1 unspecified atom stereocenters. The topological polar surface area (TPSA) is 68.0 Å². The average Bonchev–Trinajstić information content (AvgIpc) is 3.03. The number of fused-ring (bicyclic) bond motifs is 1. The summed E-state index contributed by atoms with van der Waals surface area (Å²) in [5.74, 6) is 0.878. The zero-order valence-corrected chi connectivity index (χ0v) is 14.1. The van der Waals surface area contributed by atoms with Crippen molar-refractivity contribution in [1.82, 2.24) is 24.6 Å². The average molecular weight is 330 g/mol. The number of nitrogens with one attached hydrogen (secondary N) is 1. The second kappa shape index (κ2) is 6.32. The SMILES string of the molecule is Cc1cc2nc(-c3ccccc3)cc(NC(C)c3ccncn3)n2n1. The third-order valence-corrected chi connectivity index (χ3v) is 4.03. The summed E-state index contributed by atoms with van der Waals surface area (Å²) in [5.41, 5.74) is 4.64. The molecule has 1 atom stereocenters. The molecule has 0 amide bonds. The van der Waals surface area contributed by atoms with Crippen LogP contribution in [0.5, 0.6) is 0 Å². The van der Waals surface area contributed by atoms with Gasteiger partial charge in [-0.25, -0.2) is 15.0 Å². The smallest absolute Gasteiger partial charge is 0.158 e. The fourth-order valence-corrected chi connectivity index (χ4v) is 2.80. The van der Waals surface area contributed by atoms with Crippen molar-refractivity contribution in [2.45, 2.75) is 19.9 Å². The number of aryl methyl sites for hydroxylation is 1. The van der Waals surface area contributed by atoms with Crippen LogP contribution in [0.1, 0.15) is 24.4 Å². The van der Waals surface area contributed by atoms with Gasteiger partial charge >= 0.3 is 0 Å². The van der Waals surface area contributed by atoms with E-state index in [2.05, 4.69) is 39.4 Å². The van der Waals surface area contributed by atoms with Crippen LogP contribution in [0.2, 0.25) is 0 Å². The molecular weight excluding hydrogens is 312 g/mol. The number of hydrogen-bond donors (Lipinski definition) is 1. The molecule has 4 aromatic rings. The number of rotatable bonds is 4. The molecule has 0 saturated carbocycles. The Balaban J connectivity index is 1.79. The Labute approximate surface area is 145 Å². The predicted octanol–water partition coefficient (Wildman–Crippen LogP) is 3.67. The van der Waals surface area contributed by atoms with E-state index in [1.807, 2.05) is 47.8 Å². The van der Waals surface area contributed by atoms with Crippen LogP contribution in [0.25, 0.3) is 16.9 Å². The first-order valence-electron chi connectivity index (χ1n) is 8.16. The first-order chi connectivity index (χ1) is 12.2. The maximum atomic E-state index is 4.74. The third-order valence-electron chi connectivity index (χ3n) is 4.03. The molecule has 0 aliphatic rings. The van der Waals surface area contributed by atoms with Gasteiger partial charge in [-0.1, -0.05) is 30.3 Å². The maximum absolute atomic E-state index is 4.74. The summed E-state index contributed by atoms with van der Waals surface area (Å²) >= 11 is 0. The summed E-state index contributed by atoms with van der Waals surface area (Å²) in [7, 11) is 0. The Morgan fingerprint density at radius 2 is 1.92 bits per heavy atom. The molecule has 1 N–H and O–H groups in total. The van der Waals surface area contributed by atoms with Crippen molar-refractivity contribution in [3.8, 4) is 11.3 Å². The minimum atomic E-state index is 0.0155.